The zero-order valence-corrected chi connectivity index (χ0v) is 28.1. The molecule has 2 rings (SSSR count). The van der Waals surface area contributed by atoms with Crippen molar-refractivity contribution < 1.29 is 9.59 Å². The van der Waals surface area contributed by atoms with Crippen LogP contribution in [0, 0.1) is 0 Å². The van der Waals surface area contributed by atoms with Crippen LogP contribution in [0.25, 0.3) is 0 Å². The Balaban J connectivity index is 1.41. The summed E-state index contributed by atoms with van der Waals surface area (Å²) in [5.41, 5.74) is 1.24. The lowest BCUT2D eigenvalue weighted by molar-refractivity contribution is -0.124. The molecule has 4 nitrogen and oxygen atoms in total. The summed E-state index contributed by atoms with van der Waals surface area (Å²) in [7, 11) is 0. The average molecular weight is 585 g/mol. The monoisotopic (exact) mass is 585 g/mol. The highest BCUT2D eigenvalue weighted by molar-refractivity contribution is 6.17. The number of carbonyl (C=O) groups excluding carboxylic acids is 2. The van der Waals surface area contributed by atoms with E-state index in [4.69, 9.17) is 0 Å². The number of amides is 2. The van der Waals surface area contributed by atoms with Crippen molar-refractivity contribution in [3.05, 3.63) is 23.5 Å². The zero-order chi connectivity index (χ0) is 30.1. The minimum Gasteiger partial charge on any atom is -0.314 e. The summed E-state index contributed by atoms with van der Waals surface area (Å²) in [4.78, 5) is 29.3. The van der Waals surface area contributed by atoms with Crippen molar-refractivity contribution in [2.75, 3.05) is 13.1 Å². The zero-order valence-electron chi connectivity index (χ0n) is 28.1. The van der Waals surface area contributed by atoms with Crippen LogP contribution in [0.5, 0.6) is 0 Å². The molecule has 0 fully saturated rings. The number of hydrogen-bond donors (Lipinski definition) is 0. The van der Waals surface area contributed by atoms with Crippen LogP contribution < -0.4 is 0 Å². The molecule has 0 aromatic heterocycles. The molecule has 4 heteroatoms. The maximum absolute atomic E-state index is 12.9. The second kappa shape index (κ2) is 24.8. The predicted molar refractivity (Wildman–Crippen MR) is 180 cm³/mol. The smallest absolute Gasteiger partial charge is 0.260 e. The van der Waals surface area contributed by atoms with Crippen LogP contribution in [0.3, 0.4) is 0 Å². The first-order valence-corrected chi connectivity index (χ1v) is 18.7. The fourth-order valence-electron chi connectivity index (χ4n) is 6.50. The molecule has 0 spiro atoms. The summed E-state index contributed by atoms with van der Waals surface area (Å²) in [6.45, 7) is 6.04. The number of fused-ring (bicyclic) bond motifs is 1. The first kappa shape index (κ1) is 36.6. The molecule has 0 N–H and O–H groups in total. The van der Waals surface area contributed by atoms with Gasteiger partial charge in [-0.25, -0.2) is 0 Å². The van der Waals surface area contributed by atoms with Crippen LogP contribution in [0.15, 0.2) is 23.5 Å². The normalized spacial score (nSPS) is 14.7. The summed E-state index contributed by atoms with van der Waals surface area (Å²) in [6.07, 6.45) is 41.0. The van der Waals surface area contributed by atoms with Crippen molar-refractivity contribution in [3.8, 4) is 0 Å². The third-order valence-corrected chi connectivity index (χ3v) is 9.35. The number of unbranched alkanes of at least 4 members (excludes halogenated alkanes) is 26. The van der Waals surface area contributed by atoms with Gasteiger partial charge in [0.1, 0.15) is 0 Å². The number of rotatable bonds is 30. The van der Waals surface area contributed by atoms with E-state index < -0.39 is 0 Å². The van der Waals surface area contributed by atoms with Crippen LogP contribution in [0.1, 0.15) is 194 Å². The van der Waals surface area contributed by atoms with Crippen molar-refractivity contribution >= 4 is 11.8 Å². The van der Waals surface area contributed by atoms with Gasteiger partial charge in [0.25, 0.3) is 11.8 Å². The summed E-state index contributed by atoms with van der Waals surface area (Å²) in [5, 5.41) is 0. The molecule has 0 aromatic carbocycles. The molecule has 0 aliphatic carbocycles. The highest BCUT2D eigenvalue weighted by atomic mass is 16.2. The van der Waals surface area contributed by atoms with E-state index in [9.17, 15) is 9.59 Å². The van der Waals surface area contributed by atoms with Crippen LogP contribution >= 0.6 is 0 Å². The fourth-order valence-corrected chi connectivity index (χ4v) is 6.50. The molecule has 0 aromatic rings. The third kappa shape index (κ3) is 15.8. The van der Waals surface area contributed by atoms with E-state index in [1.165, 1.54) is 167 Å². The second-order valence-corrected chi connectivity index (χ2v) is 13.3. The lowest BCUT2D eigenvalue weighted by Gasteiger charge is -2.16. The van der Waals surface area contributed by atoms with Gasteiger partial charge in [0.2, 0.25) is 0 Å². The first-order valence-electron chi connectivity index (χ1n) is 18.7. The molecule has 0 saturated carbocycles. The standard InChI is InChI=1S/C38H68N2O2/c1-3-5-7-9-11-13-15-17-19-21-23-25-27-29-31-39-33-35-36(37(39)41)34-40(38(35)42)32-30-28-26-24-22-20-18-16-14-12-10-8-6-4-2/h33-34H,3-32H2,1-2H3. The van der Waals surface area contributed by atoms with E-state index in [1.54, 1.807) is 9.80 Å². The molecule has 42 heavy (non-hydrogen) atoms. The summed E-state index contributed by atoms with van der Waals surface area (Å²) < 4.78 is 0. The van der Waals surface area contributed by atoms with Crippen LogP contribution in [-0.4, -0.2) is 34.7 Å². The molecule has 0 saturated heterocycles. The van der Waals surface area contributed by atoms with Gasteiger partial charge in [0.15, 0.2) is 0 Å². The molecule has 0 radical (unpaired) electrons. The molecule has 0 atom stereocenters. The van der Waals surface area contributed by atoms with Crippen molar-refractivity contribution in [3.63, 3.8) is 0 Å². The molecule has 242 valence electrons. The van der Waals surface area contributed by atoms with E-state index >= 15 is 0 Å². The third-order valence-electron chi connectivity index (χ3n) is 9.35. The Kier molecular flexibility index (Phi) is 21.6. The van der Waals surface area contributed by atoms with Gasteiger partial charge < -0.3 is 9.80 Å². The Labute approximate surface area is 261 Å². The number of carbonyl (C=O) groups is 2. The maximum Gasteiger partial charge on any atom is 0.260 e. The highest BCUT2D eigenvalue weighted by Gasteiger charge is 2.38. The van der Waals surface area contributed by atoms with Crippen molar-refractivity contribution in [2.45, 2.75) is 194 Å². The molecule has 2 aliphatic heterocycles. The van der Waals surface area contributed by atoms with Crippen LogP contribution in [0.4, 0.5) is 0 Å². The molecule has 0 unspecified atom stereocenters. The van der Waals surface area contributed by atoms with E-state index in [1.807, 2.05) is 12.4 Å². The Morgan fingerprint density at radius 1 is 0.357 bits per heavy atom. The average Bonchev–Trinajstić information content (AvgIpc) is 3.47. The Morgan fingerprint density at radius 3 is 0.810 bits per heavy atom. The minimum absolute atomic E-state index is 0.0245. The number of hydrogen-bond acceptors (Lipinski definition) is 2. The molecular weight excluding hydrogens is 516 g/mol. The van der Waals surface area contributed by atoms with Crippen molar-refractivity contribution in [2.24, 2.45) is 0 Å². The van der Waals surface area contributed by atoms with E-state index in [0.717, 1.165) is 25.9 Å². The van der Waals surface area contributed by atoms with E-state index in [2.05, 4.69) is 13.8 Å². The Bertz CT molecular complexity index is 707. The van der Waals surface area contributed by atoms with E-state index in [-0.39, 0.29) is 11.8 Å². The Hall–Kier alpha value is -1.58. The lowest BCUT2D eigenvalue weighted by atomic mass is 10.0. The lowest BCUT2D eigenvalue weighted by Crippen LogP contribution is -2.25. The predicted octanol–water partition coefficient (Wildman–Crippen LogP) is 11.4. The molecule has 2 aliphatic rings. The largest absolute Gasteiger partial charge is 0.314 e. The quantitative estimate of drug-likeness (QED) is 0.0788. The number of nitrogens with zero attached hydrogens (tertiary/aromatic N) is 2. The summed E-state index contributed by atoms with van der Waals surface area (Å²) in [6, 6.07) is 0. The first-order chi connectivity index (χ1) is 20.7. The minimum atomic E-state index is 0.0245. The van der Waals surface area contributed by atoms with Gasteiger partial charge in [0, 0.05) is 25.5 Å². The molecule has 2 amide bonds. The van der Waals surface area contributed by atoms with Gasteiger partial charge in [-0.05, 0) is 12.8 Å². The van der Waals surface area contributed by atoms with Gasteiger partial charge in [-0.1, -0.05) is 181 Å². The van der Waals surface area contributed by atoms with E-state index in [0.29, 0.717) is 11.1 Å². The summed E-state index contributed by atoms with van der Waals surface area (Å²) >= 11 is 0. The SMILES string of the molecule is CCCCCCCCCCCCCCCCN1C=C2C(=O)N(CCCCCCCCCCCCCCCC)C=C2C1=O. The molecule has 2 heterocycles. The van der Waals surface area contributed by atoms with Crippen molar-refractivity contribution in [1.29, 1.82) is 0 Å². The topological polar surface area (TPSA) is 40.6 Å². The second-order valence-electron chi connectivity index (χ2n) is 13.3. The van der Waals surface area contributed by atoms with Gasteiger partial charge in [-0.15, -0.1) is 0 Å². The van der Waals surface area contributed by atoms with Gasteiger partial charge in [-0.2, -0.15) is 0 Å². The van der Waals surface area contributed by atoms with Crippen molar-refractivity contribution in [1.82, 2.24) is 9.80 Å². The van der Waals surface area contributed by atoms with Gasteiger partial charge >= 0.3 is 0 Å². The summed E-state index contributed by atoms with van der Waals surface area (Å²) in [5.74, 6) is 0.0491. The van der Waals surface area contributed by atoms with Crippen LogP contribution in [-0.2, 0) is 9.59 Å². The van der Waals surface area contributed by atoms with Gasteiger partial charge in [0.05, 0.1) is 11.1 Å². The van der Waals surface area contributed by atoms with Gasteiger partial charge in [-0.3, -0.25) is 9.59 Å². The molecular formula is C38H68N2O2. The maximum atomic E-state index is 12.9. The fraction of sp³-hybridized carbons (Fsp3) is 0.842. The highest BCUT2D eigenvalue weighted by Crippen LogP contribution is 2.31. The Morgan fingerprint density at radius 2 is 0.571 bits per heavy atom. The van der Waals surface area contributed by atoms with Crippen LogP contribution in [0.2, 0.25) is 0 Å². The molecule has 0 bridgehead atoms.